The molecule has 0 fully saturated rings. The molecule has 392 valence electrons. The highest BCUT2D eigenvalue weighted by atomic mass is 16.6. The molecule has 14 heteroatoms. The summed E-state index contributed by atoms with van der Waals surface area (Å²) in [5.41, 5.74) is 0.450. The lowest BCUT2D eigenvalue weighted by atomic mass is 9.78. The van der Waals surface area contributed by atoms with E-state index in [1.807, 2.05) is 127 Å². The van der Waals surface area contributed by atoms with Crippen molar-refractivity contribution in [1.29, 1.82) is 0 Å². The maximum Gasteiger partial charge on any atom is 0.360 e. The minimum atomic E-state index is -0.747. The lowest BCUT2D eigenvalue weighted by Gasteiger charge is -2.38. The minimum Gasteiger partial charge on any atom is -0.497 e. The third-order valence-electron chi connectivity index (χ3n) is 12.5. The Morgan fingerprint density at radius 3 is 1.32 bits per heavy atom. The largest absolute Gasteiger partial charge is 0.497 e. The average molecular weight is 1010 g/mol. The number of benzene rings is 2. The Bertz CT molecular complexity index is 2510. The number of methoxy groups -OCH3 is 4. The Labute approximate surface area is 436 Å². The van der Waals surface area contributed by atoms with Crippen molar-refractivity contribution in [3.05, 3.63) is 168 Å². The van der Waals surface area contributed by atoms with Crippen LogP contribution in [0, 0.1) is 34.5 Å². The number of fused-ring (bicyclic) bond motifs is 4. The SMILES string of the molecule is C/C=C/[C@H](OCc1ccc(OC)cc1)C(C)(C)[C@@H]1C/C=C\C#C/C=C/[C@H](OC)Cc2nc(co2)C(=O)O[C@H](C(C)(C)[C@H](/C=C/C)OCc2ccc(OC)cc2)C/C=C\C#C/C=C/[C@H](OC)Cc2nc(co2)C(=O)O1. The molecule has 2 aromatic heterocycles. The van der Waals surface area contributed by atoms with Crippen molar-refractivity contribution < 1.29 is 56.3 Å². The topological polar surface area (TPSA) is 160 Å². The van der Waals surface area contributed by atoms with Crippen molar-refractivity contribution >= 4 is 11.9 Å². The molecule has 0 saturated carbocycles. The molecule has 2 aromatic carbocycles. The Hall–Kier alpha value is -7.20. The standard InChI is InChI=1S/C60H70N2O12/c1-11-23-51(69-39-43-29-33-45(65-7)34-30-43)59(3,4)53-27-21-17-13-15-19-25-48(68-10)38-56-62-50(42-72-56)58(64)74-54(60(5,6)52(24-12-2)70-40-44-31-35-46(66-8)36-32-44)28-22-18-14-16-20-26-47(67-9)37-55-61-49(41-71-55)57(63)73-53/h11-12,17-26,29-36,41-42,47-48,51-54H,27-28,37-40H2,1-10H3/b21-17-,22-18-,23-11+,24-12+,25-19+,26-20+/t47-,48-,51-,52-,53-,54-/m0/s1. The zero-order chi connectivity index (χ0) is 53.4. The van der Waals surface area contributed by atoms with E-state index in [4.69, 9.17) is 46.7 Å². The molecule has 6 atom stereocenters. The van der Waals surface area contributed by atoms with Crippen LogP contribution in [0.4, 0.5) is 0 Å². The molecule has 0 spiro atoms. The van der Waals surface area contributed by atoms with Gasteiger partial charge in [-0.05, 0) is 85.7 Å². The maximum absolute atomic E-state index is 13.9. The number of rotatable bonds is 16. The molecule has 1 aliphatic rings. The van der Waals surface area contributed by atoms with E-state index in [0.717, 1.165) is 22.6 Å². The molecular weight excluding hydrogens is 941 g/mol. The van der Waals surface area contributed by atoms with Gasteiger partial charge in [0, 0.05) is 37.9 Å². The number of oxazole rings is 2. The molecule has 0 N–H and O–H groups in total. The van der Waals surface area contributed by atoms with Crippen LogP contribution in [0.15, 0.2) is 143 Å². The van der Waals surface area contributed by atoms with Crippen molar-refractivity contribution in [2.24, 2.45) is 10.8 Å². The first-order valence-electron chi connectivity index (χ1n) is 24.5. The van der Waals surface area contributed by atoms with Crippen molar-refractivity contribution in [1.82, 2.24) is 9.97 Å². The zero-order valence-electron chi connectivity index (χ0n) is 44.2. The zero-order valence-corrected chi connectivity index (χ0v) is 44.2. The van der Waals surface area contributed by atoms with E-state index in [-0.39, 0.29) is 36.0 Å². The monoisotopic (exact) mass is 1010 g/mol. The first-order chi connectivity index (χ1) is 35.7. The number of ether oxygens (including phenoxy) is 8. The van der Waals surface area contributed by atoms with Crippen molar-refractivity contribution in [2.75, 3.05) is 28.4 Å². The lowest BCUT2D eigenvalue weighted by molar-refractivity contribution is -0.0768. The third-order valence-corrected chi connectivity index (χ3v) is 12.5. The van der Waals surface area contributed by atoms with Gasteiger partial charge in [0.15, 0.2) is 23.2 Å². The third kappa shape index (κ3) is 17.5. The molecule has 4 aromatic rings. The van der Waals surface area contributed by atoms with Gasteiger partial charge in [0.1, 0.15) is 36.2 Å². The van der Waals surface area contributed by atoms with E-state index in [2.05, 4.69) is 33.6 Å². The predicted octanol–water partition coefficient (Wildman–Crippen LogP) is 10.9. The van der Waals surface area contributed by atoms with Crippen LogP contribution in [-0.4, -0.2) is 87.0 Å². The average Bonchev–Trinajstić information content (AvgIpc) is 4.09. The fourth-order valence-electron chi connectivity index (χ4n) is 7.76. The number of aromatic nitrogens is 2. The molecule has 1 aliphatic heterocycles. The molecule has 14 nitrogen and oxygen atoms in total. The quantitative estimate of drug-likeness (QED) is 0.0592. The van der Waals surface area contributed by atoms with Crippen molar-refractivity contribution in [3.8, 4) is 35.2 Å². The molecule has 4 bridgehead atoms. The minimum absolute atomic E-state index is 0.0153. The number of carbonyl (C=O) groups is 2. The van der Waals surface area contributed by atoms with E-state index in [0.29, 0.717) is 26.1 Å². The van der Waals surface area contributed by atoms with E-state index in [1.165, 1.54) is 12.5 Å². The summed E-state index contributed by atoms with van der Waals surface area (Å²) in [6, 6.07) is 15.3. The molecule has 74 heavy (non-hydrogen) atoms. The van der Waals surface area contributed by atoms with Gasteiger partial charge in [0.25, 0.3) is 0 Å². The predicted molar refractivity (Wildman–Crippen MR) is 282 cm³/mol. The van der Waals surface area contributed by atoms with Crippen LogP contribution >= 0.6 is 0 Å². The summed E-state index contributed by atoms with van der Waals surface area (Å²) < 4.78 is 59.0. The number of nitrogens with zero attached hydrogens (tertiary/aromatic N) is 2. The number of hydrogen-bond donors (Lipinski definition) is 0. The van der Waals surface area contributed by atoms with Gasteiger partial charge < -0.3 is 46.7 Å². The van der Waals surface area contributed by atoms with Crippen LogP contribution in [0.3, 0.4) is 0 Å². The summed E-state index contributed by atoms with van der Waals surface area (Å²) in [5.74, 6) is 12.8. The first kappa shape index (κ1) is 57.7. The fourth-order valence-corrected chi connectivity index (χ4v) is 7.76. The molecule has 0 amide bonds. The molecular formula is C60H70N2O12. The van der Waals surface area contributed by atoms with Crippen LogP contribution in [-0.2, 0) is 54.5 Å². The first-order valence-corrected chi connectivity index (χ1v) is 24.5. The molecule has 5 rings (SSSR count). The number of cyclic esters (lactones) is 2. The van der Waals surface area contributed by atoms with Gasteiger partial charge in [-0.15, -0.1) is 0 Å². The highest BCUT2D eigenvalue weighted by Crippen LogP contribution is 2.36. The van der Waals surface area contributed by atoms with Gasteiger partial charge in [0.2, 0.25) is 0 Å². The lowest BCUT2D eigenvalue weighted by Crippen LogP contribution is -2.43. The van der Waals surface area contributed by atoms with E-state index >= 15 is 0 Å². The number of esters is 2. The van der Waals surface area contributed by atoms with Crippen molar-refractivity contribution in [2.45, 2.75) is 117 Å². The second kappa shape index (κ2) is 29.5. The Balaban J connectivity index is 1.41. The number of carbonyl (C=O) groups excluding carboxylic acids is 2. The van der Waals surface area contributed by atoms with Crippen LogP contribution in [0.25, 0.3) is 0 Å². The Morgan fingerprint density at radius 2 is 0.973 bits per heavy atom. The van der Waals surface area contributed by atoms with Crippen LogP contribution in [0.1, 0.15) is 98.3 Å². The van der Waals surface area contributed by atoms with Gasteiger partial charge in [-0.1, -0.05) is 112 Å². The highest BCUT2D eigenvalue weighted by Gasteiger charge is 2.41. The van der Waals surface area contributed by atoms with Gasteiger partial charge in [-0.3, -0.25) is 0 Å². The summed E-state index contributed by atoms with van der Waals surface area (Å²) >= 11 is 0. The summed E-state index contributed by atoms with van der Waals surface area (Å²) in [7, 11) is 6.37. The van der Waals surface area contributed by atoms with E-state index in [9.17, 15) is 9.59 Å². The molecule has 0 unspecified atom stereocenters. The summed E-state index contributed by atoms with van der Waals surface area (Å²) in [6.45, 7) is 12.4. The smallest absolute Gasteiger partial charge is 0.360 e. The molecule has 0 aliphatic carbocycles. The number of allylic oxidation sites excluding steroid dienone is 6. The molecule has 3 heterocycles. The van der Waals surface area contributed by atoms with Crippen LogP contribution in [0.5, 0.6) is 11.5 Å². The second-order valence-corrected chi connectivity index (χ2v) is 18.4. The van der Waals surface area contributed by atoms with Gasteiger partial charge in [-0.2, -0.15) is 0 Å². The van der Waals surface area contributed by atoms with Gasteiger partial charge in [-0.25, -0.2) is 19.6 Å². The van der Waals surface area contributed by atoms with E-state index in [1.54, 1.807) is 64.9 Å². The molecule has 0 saturated heterocycles. The fraction of sp³-hybridized carbons (Fsp3) is 0.400. The van der Waals surface area contributed by atoms with Crippen LogP contribution < -0.4 is 9.47 Å². The van der Waals surface area contributed by atoms with Gasteiger partial charge in [0.05, 0.1) is 64.7 Å². The van der Waals surface area contributed by atoms with Crippen molar-refractivity contribution in [3.63, 3.8) is 0 Å². The Morgan fingerprint density at radius 1 is 0.595 bits per heavy atom. The molecule has 0 radical (unpaired) electrons. The van der Waals surface area contributed by atoms with Crippen LogP contribution in [0.2, 0.25) is 0 Å². The summed E-state index contributed by atoms with van der Waals surface area (Å²) in [5, 5.41) is 0. The number of hydrogen-bond acceptors (Lipinski definition) is 14. The Kier molecular flexibility index (Phi) is 23.0. The highest BCUT2D eigenvalue weighted by molar-refractivity contribution is 5.87. The summed E-state index contributed by atoms with van der Waals surface area (Å²) in [4.78, 5) is 36.7. The second-order valence-electron chi connectivity index (χ2n) is 18.4. The normalized spacial score (nSPS) is 21.2. The van der Waals surface area contributed by atoms with Gasteiger partial charge >= 0.3 is 11.9 Å². The van der Waals surface area contributed by atoms with E-state index < -0.39 is 59.4 Å². The summed E-state index contributed by atoms with van der Waals surface area (Å²) in [6.07, 6.45) is 22.1. The maximum atomic E-state index is 13.9.